The Bertz CT molecular complexity index is 762. The molecule has 0 aliphatic heterocycles. The number of carbonyl (C=O) groups is 1. The summed E-state index contributed by atoms with van der Waals surface area (Å²) in [5, 5.41) is 54.0. The molecule has 4 saturated carbocycles. The molecule has 0 spiro atoms. The van der Waals surface area contributed by atoms with E-state index in [2.05, 4.69) is 20.8 Å². The Morgan fingerprint density at radius 3 is 2.39 bits per heavy atom. The number of aliphatic hydroxyl groups is 5. The number of Topliss-reactive ketones (excluding diaryl/α,β-unsaturated/α-hetero) is 1. The van der Waals surface area contributed by atoms with E-state index in [1.807, 2.05) is 0 Å². The molecule has 0 radical (unpaired) electrons. The van der Waals surface area contributed by atoms with Crippen LogP contribution >= 0.6 is 0 Å². The van der Waals surface area contributed by atoms with Gasteiger partial charge in [-0.1, -0.05) is 20.8 Å². The van der Waals surface area contributed by atoms with Gasteiger partial charge in [0.1, 0.15) is 5.78 Å². The third kappa shape index (κ3) is 3.92. The quantitative estimate of drug-likeness (QED) is 0.425. The van der Waals surface area contributed by atoms with E-state index in [9.17, 15) is 30.3 Å². The van der Waals surface area contributed by atoms with Gasteiger partial charge in [0.15, 0.2) is 0 Å². The molecule has 33 heavy (non-hydrogen) atoms. The Morgan fingerprint density at radius 2 is 1.76 bits per heavy atom. The van der Waals surface area contributed by atoms with E-state index in [1.165, 1.54) is 0 Å². The molecule has 0 aromatic rings. The number of rotatable bonds is 5. The average Bonchev–Trinajstić information content (AvgIpc) is 2.99. The molecular formula is C27H46O6. The zero-order chi connectivity index (χ0) is 24.6. The molecule has 0 heterocycles. The molecule has 4 fully saturated rings. The van der Waals surface area contributed by atoms with Crippen molar-refractivity contribution in [2.45, 2.75) is 122 Å². The highest BCUT2D eigenvalue weighted by atomic mass is 16.3. The fourth-order valence-electron chi connectivity index (χ4n) is 8.94. The van der Waals surface area contributed by atoms with Gasteiger partial charge in [0.05, 0.1) is 29.5 Å². The van der Waals surface area contributed by atoms with Crippen molar-refractivity contribution in [3.63, 3.8) is 0 Å². The third-order valence-corrected chi connectivity index (χ3v) is 11.0. The Balaban J connectivity index is 1.58. The molecule has 6 nitrogen and oxygen atoms in total. The molecule has 6 heteroatoms. The van der Waals surface area contributed by atoms with Gasteiger partial charge >= 0.3 is 0 Å². The van der Waals surface area contributed by atoms with Crippen molar-refractivity contribution in [2.24, 2.45) is 40.4 Å². The third-order valence-electron chi connectivity index (χ3n) is 11.0. The summed E-state index contributed by atoms with van der Waals surface area (Å²) in [5.74, 6) is 0.0404. The fourth-order valence-corrected chi connectivity index (χ4v) is 8.94. The molecule has 5 N–H and O–H groups in total. The minimum Gasteiger partial charge on any atom is -0.393 e. The first-order valence-electron chi connectivity index (χ1n) is 13.2. The number of carbonyl (C=O) groups excluding carboxylic acids is 1. The topological polar surface area (TPSA) is 118 Å². The van der Waals surface area contributed by atoms with Gasteiger partial charge in [-0.15, -0.1) is 0 Å². The zero-order valence-electron chi connectivity index (χ0n) is 21.1. The normalized spacial score (nSPS) is 49.7. The summed E-state index contributed by atoms with van der Waals surface area (Å²) in [6, 6.07) is 0. The lowest BCUT2D eigenvalue weighted by Crippen LogP contribution is -2.65. The van der Waals surface area contributed by atoms with E-state index >= 15 is 0 Å². The maximum absolute atomic E-state index is 13.3. The molecule has 4 aliphatic rings. The Labute approximate surface area is 198 Å². The van der Waals surface area contributed by atoms with Crippen LogP contribution in [0.3, 0.4) is 0 Å². The van der Waals surface area contributed by atoms with E-state index in [0.29, 0.717) is 38.5 Å². The molecule has 11 unspecified atom stereocenters. The van der Waals surface area contributed by atoms with Crippen molar-refractivity contribution in [3.05, 3.63) is 0 Å². The number of aliphatic hydroxyl groups excluding tert-OH is 3. The van der Waals surface area contributed by atoms with Crippen molar-refractivity contribution < 1.29 is 30.3 Å². The van der Waals surface area contributed by atoms with E-state index < -0.39 is 34.9 Å². The van der Waals surface area contributed by atoms with Crippen LogP contribution in [-0.2, 0) is 4.79 Å². The lowest BCUT2D eigenvalue weighted by molar-refractivity contribution is -0.220. The van der Waals surface area contributed by atoms with Crippen LogP contribution in [0.5, 0.6) is 0 Å². The second-order valence-corrected chi connectivity index (χ2v) is 13.3. The highest BCUT2D eigenvalue weighted by molar-refractivity contribution is 5.83. The second kappa shape index (κ2) is 8.26. The molecule has 0 saturated heterocycles. The van der Waals surface area contributed by atoms with E-state index in [0.717, 1.165) is 19.3 Å². The number of ketones is 1. The van der Waals surface area contributed by atoms with Gasteiger partial charge in [-0.3, -0.25) is 4.79 Å². The number of fused-ring (bicyclic) bond motifs is 5. The summed E-state index contributed by atoms with van der Waals surface area (Å²) < 4.78 is 0. The first kappa shape index (κ1) is 25.6. The van der Waals surface area contributed by atoms with Crippen molar-refractivity contribution in [1.82, 2.24) is 0 Å². The van der Waals surface area contributed by atoms with E-state index in [-0.39, 0.29) is 40.8 Å². The Morgan fingerprint density at radius 1 is 1.09 bits per heavy atom. The Hall–Kier alpha value is -0.530. The largest absolute Gasteiger partial charge is 0.393 e. The molecule has 11 atom stereocenters. The van der Waals surface area contributed by atoms with Crippen molar-refractivity contribution in [3.8, 4) is 0 Å². The fraction of sp³-hybridized carbons (Fsp3) is 0.963. The van der Waals surface area contributed by atoms with Gasteiger partial charge in [-0.05, 0) is 99.7 Å². The van der Waals surface area contributed by atoms with Crippen LogP contribution < -0.4 is 0 Å². The predicted octanol–water partition coefficient (Wildman–Crippen LogP) is 2.82. The molecule has 0 amide bonds. The second-order valence-electron chi connectivity index (χ2n) is 13.3. The van der Waals surface area contributed by atoms with Crippen molar-refractivity contribution >= 4 is 5.78 Å². The Kier molecular flexibility index (Phi) is 6.40. The molecule has 4 rings (SSSR count). The monoisotopic (exact) mass is 466 g/mol. The number of hydrogen-bond donors (Lipinski definition) is 5. The summed E-state index contributed by atoms with van der Waals surface area (Å²) in [7, 11) is 0. The minimum atomic E-state index is -0.963. The van der Waals surface area contributed by atoms with E-state index in [1.54, 1.807) is 13.8 Å². The molecule has 0 aromatic carbocycles. The van der Waals surface area contributed by atoms with E-state index in [4.69, 9.17) is 0 Å². The highest BCUT2D eigenvalue weighted by Crippen LogP contribution is 2.69. The predicted molar refractivity (Wildman–Crippen MR) is 125 cm³/mol. The molecule has 4 aliphatic carbocycles. The van der Waals surface area contributed by atoms with Gasteiger partial charge in [-0.25, -0.2) is 0 Å². The van der Waals surface area contributed by atoms with Gasteiger partial charge in [0, 0.05) is 12.3 Å². The lowest BCUT2D eigenvalue weighted by atomic mass is 9.42. The standard InChI is InChI=1S/C27H46O6/c1-15(20(28)8-9-24(2,3)32)16-7-11-27(33)18-12-21(29)19-13-22(30)23(31)14-25(19,4)17(18)6-10-26(16,27)5/h15-20,22-23,28,30-33H,6-14H2,1-5H3. The maximum Gasteiger partial charge on any atom is 0.137 e. The van der Waals surface area contributed by atoms with Crippen molar-refractivity contribution in [1.29, 1.82) is 0 Å². The minimum absolute atomic E-state index is 0.00259. The summed E-state index contributed by atoms with van der Waals surface area (Å²) in [5.41, 5.74) is -2.55. The van der Waals surface area contributed by atoms with Crippen LogP contribution in [0, 0.1) is 40.4 Å². The van der Waals surface area contributed by atoms with Crippen molar-refractivity contribution in [2.75, 3.05) is 0 Å². The SMILES string of the molecule is CC(C(O)CCC(C)(C)O)C1CCC2(O)C3CC(=O)C4CC(O)C(O)CC4(C)C3CCC12C. The smallest absolute Gasteiger partial charge is 0.137 e. The zero-order valence-corrected chi connectivity index (χ0v) is 21.1. The first-order chi connectivity index (χ1) is 15.1. The average molecular weight is 467 g/mol. The summed E-state index contributed by atoms with van der Waals surface area (Å²) in [6.07, 6.45) is 3.14. The van der Waals surface area contributed by atoms with Gasteiger partial charge in [-0.2, -0.15) is 0 Å². The van der Waals surface area contributed by atoms with Crippen LogP contribution in [0.2, 0.25) is 0 Å². The van der Waals surface area contributed by atoms with Crippen LogP contribution in [0.1, 0.15) is 92.4 Å². The molecule has 190 valence electrons. The van der Waals surface area contributed by atoms with Crippen LogP contribution in [0.15, 0.2) is 0 Å². The summed E-state index contributed by atoms with van der Waals surface area (Å²) in [6.45, 7) is 9.86. The molecule has 0 bridgehead atoms. The van der Waals surface area contributed by atoms with Gasteiger partial charge < -0.3 is 25.5 Å². The van der Waals surface area contributed by atoms with Crippen LogP contribution in [-0.4, -0.2) is 60.8 Å². The number of hydrogen-bond acceptors (Lipinski definition) is 6. The lowest BCUT2D eigenvalue weighted by Gasteiger charge is -2.63. The molecular weight excluding hydrogens is 420 g/mol. The first-order valence-corrected chi connectivity index (χ1v) is 13.2. The highest BCUT2D eigenvalue weighted by Gasteiger charge is 2.69. The van der Waals surface area contributed by atoms with Gasteiger partial charge in [0.25, 0.3) is 0 Å². The summed E-state index contributed by atoms with van der Waals surface area (Å²) >= 11 is 0. The molecule has 0 aromatic heterocycles. The van der Waals surface area contributed by atoms with Crippen LogP contribution in [0.25, 0.3) is 0 Å². The summed E-state index contributed by atoms with van der Waals surface area (Å²) in [4.78, 5) is 13.3. The van der Waals surface area contributed by atoms with Crippen LogP contribution in [0.4, 0.5) is 0 Å². The van der Waals surface area contributed by atoms with Gasteiger partial charge in [0.2, 0.25) is 0 Å². The maximum atomic E-state index is 13.3.